The number of fused-ring (bicyclic) bond motifs is 2. The first-order valence-corrected chi connectivity index (χ1v) is 11.6. The summed E-state index contributed by atoms with van der Waals surface area (Å²) in [5.74, 6) is -0.675. The molecule has 3 amide bonds. The van der Waals surface area contributed by atoms with Gasteiger partial charge in [-0.1, -0.05) is 24.3 Å². The molecule has 0 saturated carbocycles. The number of likely N-dealkylation sites (tertiary alicyclic amines) is 2. The summed E-state index contributed by atoms with van der Waals surface area (Å²) < 4.78 is 1.13. The van der Waals surface area contributed by atoms with Gasteiger partial charge in [0.2, 0.25) is 17.7 Å². The molecule has 2 aromatic rings. The predicted octanol–water partition coefficient (Wildman–Crippen LogP) is 3.69. The van der Waals surface area contributed by atoms with E-state index in [0.29, 0.717) is 19.4 Å². The van der Waals surface area contributed by atoms with Gasteiger partial charge >= 0.3 is 0 Å². The molecule has 3 aliphatic rings. The van der Waals surface area contributed by atoms with Gasteiger partial charge in [-0.3, -0.25) is 19.3 Å². The van der Waals surface area contributed by atoms with Crippen molar-refractivity contribution >= 4 is 39.3 Å². The molecular formula is C23H25N3O3S. The second-order valence-corrected chi connectivity index (χ2v) is 9.41. The Kier molecular flexibility index (Phi) is 5.15. The lowest BCUT2D eigenvalue weighted by Crippen LogP contribution is -2.41. The Morgan fingerprint density at radius 2 is 1.80 bits per heavy atom. The minimum Gasteiger partial charge on any atom is -0.333 e. The summed E-state index contributed by atoms with van der Waals surface area (Å²) in [6, 6.07) is 8.03. The van der Waals surface area contributed by atoms with Crippen LogP contribution in [0.5, 0.6) is 0 Å². The number of carbonyl (C=O) groups excluding carboxylic acids is 3. The first-order chi connectivity index (χ1) is 14.6. The molecular weight excluding hydrogens is 398 g/mol. The van der Waals surface area contributed by atoms with Crippen LogP contribution in [0.15, 0.2) is 36.4 Å². The van der Waals surface area contributed by atoms with Crippen LogP contribution in [0, 0.1) is 11.8 Å². The van der Waals surface area contributed by atoms with Crippen LogP contribution in [0.1, 0.15) is 49.6 Å². The third-order valence-corrected chi connectivity index (χ3v) is 7.70. The van der Waals surface area contributed by atoms with Crippen LogP contribution in [0.3, 0.4) is 0 Å². The molecule has 0 bridgehead atoms. The number of piperidine rings is 1. The van der Waals surface area contributed by atoms with Gasteiger partial charge in [0, 0.05) is 19.5 Å². The molecule has 0 unspecified atom stereocenters. The Balaban J connectivity index is 1.29. The number of aromatic nitrogens is 1. The van der Waals surface area contributed by atoms with Crippen LogP contribution in [0.2, 0.25) is 0 Å². The minimum atomic E-state index is -0.233. The Morgan fingerprint density at radius 3 is 2.53 bits per heavy atom. The number of hydrogen-bond donors (Lipinski definition) is 0. The van der Waals surface area contributed by atoms with E-state index < -0.39 is 0 Å². The average Bonchev–Trinajstić information content (AvgIpc) is 3.32. The van der Waals surface area contributed by atoms with E-state index in [-0.39, 0.29) is 48.6 Å². The van der Waals surface area contributed by atoms with Gasteiger partial charge in [0.05, 0.1) is 28.1 Å². The van der Waals surface area contributed by atoms with Crippen molar-refractivity contribution in [3.8, 4) is 0 Å². The molecule has 6 nitrogen and oxygen atoms in total. The van der Waals surface area contributed by atoms with Crippen LogP contribution in [0.25, 0.3) is 10.2 Å². The highest BCUT2D eigenvalue weighted by molar-refractivity contribution is 7.18. The van der Waals surface area contributed by atoms with E-state index in [1.54, 1.807) is 11.3 Å². The molecule has 1 aromatic carbocycles. The van der Waals surface area contributed by atoms with Gasteiger partial charge in [0.15, 0.2) is 0 Å². The van der Waals surface area contributed by atoms with Crippen molar-refractivity contribution < 1.29 is 14.4 Å². The summed E-state index contributed by atoms with van der Waals surface area (Å²) in [6.45, 7) is 0.892. The summed E-state index contributed by atoms with van der Waals surface area (Å²) in [5.41, 5.74) is 0.972. The summed E-state index contributed by atoms with van der Waals surface area (Å²) >= 11 is 1.65. The van der Waals surface area contributed by atoms with Crippen molar-refractivity contribution in [1.82, 2.24) is 14.8 Å². The third kappa shape index (κ3) is 3.35. The summed E-state index contributed by atoms with van der Waals surface area (Å²) in [4.78, 5) is 46.5. The lowest BCUT2D eigenvalue weighted by molar-refractivity contribution is -0.141. The van der Waals surface area contributed by atoms with Crippen molar-refractivity contribution in [3.05, 3.63) is 41.4 Å². The molecule has 2 fully saturated rings. The van der Waals surface area contributed by atoms with E-state index in [9.17, 15) is 14.4 Å². The van der Waals surface area contributed by atoms with Crippen molar-refractivity contribution in [1.29, 1.82) is 0 Å². The number of amides is 3. The number of hydrogen-bond acceptors (Lipinski definition) is 5. The molecule has 3 heterocycles. The quantitative estimate of drug-likeness (QED) is 0.555. The highest BCUT2D eigenvalue weighted by Crippen LogP contribution is 2.37. The topological polar surface area (TPSA) is 70.6 Å². The molecule has 1 aromatic heterocycles. The van der Waals surface area contributed by atoms with Crippen molar-refractivity contribution in [2.24, 2.45) is 11.8 Å². The highest BCUT2D eigenvalue weighted by atomic mass is 32.1. The highest BCUT2D eigenvalue weighted by Gasteiger charge is 2.47. The van der Waals surface area contributed by atoms with Crippen molar-refractivity contribution in [2.75, 3.05) is 13.1 Å². The summed E-state index contributed by atoms with van der Waals surface area (Å²) in [5, 5.41) is 0.981. The van der Waals surface area contributed by atoms with Crippen LogP contribution < -0.4 is 0 Å². The molecule has 0 N–H and O–H groups in total. The lowest BCUT2D eigenvalue weighted by atomic mass is 9.85. The number of thiazole rings is 1. The molecule has 2 saturated heterocycles. The standard InChI is InChI=1S/C23H25N3O3S/c27-20(12-14-26-22(28)15-7-1-2-8-16(15)23(26)29)25-13-6-5-10-18(25)21-24-17-9-3-4-11-19(17)30-21/h1-4,9,11,15-16,18H,5-8,10,12-14H2/t15-,16-,18+/m1/s1. The van der Waals surface area contributed by atoms with E-state index >= 15 is 0 Å². The molecule has 1 aliphatic carbocycles. The second kappa shape index (κ2) is 7.95. The molecule has 3 atom stereocenters. The maximum Gasteiger partial charge on any atom is 0.233 e. The van der Waals surface area contributed by atoms with Gasteiger partial charge in [-0.2, -0.15) is 0 Å². The van der Waals surface area contributed by atoms with Gasteiger partial charge < -0.3 is 4.90 Å². The lowest BCUT2D eigenvalue weighted by Gasteiger charge is -2.35. The van der Waals surface area contributed by atoms with E-state index in [4.69, 9.17) is 4.98 Å². The fourth-order valence-corrected chi connectivity index (χ4v) is 6.08. The van der Waals surface area contributed by atoms with E-state index in [1.165, 1.54) is 4.90 Å². The summed E-state index contributed by atoms with van der Waals surface area (Å²) in [6.07, 6.45) is 8.37. The van der Waals surface area contributed by atoms with Crippen molar-refractivity contribution in [3.63, 3.8) is 0 Å². The van der Waals surface area contributed by atoms with Gasteiger partial charge in [-0.15, -0.1) is 11.3 Å². The van der Waals surface area contributed by atoms with Crippen LogP contribution in [0.4, 0.5) is 0 Å². The smallest absolute Gasteiger partial charge is 0.233 e. The molecule has 156 valence electrons. The molecule has 7 heteroatoms. The fraction of sp³-hybridized carbons (Fsp3) is 0.478. The molecule has 30 heavy (non-hydrogen) atoms. The van der Waals surface area contributed by atoms with Crippen LogP contribution in [-0.2, 0) is 14.4 Å². The second-order valence-electron chi connectivity index (χ2n) is 8.35. The zero-order valence-electron chi connectivity index (χ0n) is 16.8. The first-order valence-electron chi connectivity index (χ1n) is 10.8. The maximum absolute atomic E-state index is 13.1. The predicted molar refractivity (Wildman–Crippen MR) is 115 cm³/mol. The first kappa shape index (κ1) is 19.4. The average molecular weight is 424 g/mol. The number of imide groups is 1. The van der Waals surface area contributed by atoms with Gasteiger partial charge in [0.25, 0.3) is 0 Å². The normalized spacial score (nSPS) is 26.5. The number of rotatable bonds is 4. The number of nitrogens with zero attached hydrogens (tertiary/aromatic N) is 3. The largest absolute Gasteiger partial charge is 0.333 e. The van der Waals surface area contributed by atoms with Gasteiger partial charge in [-0.05, 0) is 44.2 Å². The maximum atomic E-state index is 13.1. The van der Waals surface area contributed by atoms with Gasteiger partial charge in [0.1, 0.15) is 5.01 Å². The number of carbonyl (C=O) groups is 3. The van der Waals surface area contributed by atoms with E-state index in [2.05, 4.69) is 6.07 Å². The Bertz CT molecular complexity index is 971. The van der Waals surface area contributed by atoms with E-state index in [0.717, 1.165) is 34.5 Å². The number of benzene rings is 1. The number of allylic oxidation sites excluding steroid dienone is 2. The Labute approximate surface area is 179 Å². The Morgan fingerprint density at radius 1 is 1.07 bits per heavy atom. The molecule has 0 radical (unpaired) electrons. The molecule has 0 spiro atoms. The Hall–Kier alpha value is -2.54. The zero-order chi connectivity index (χ0) is 20.7. The van der Waals surface area contributed by atoms with Crippen molar-refractivity contribution in [2.45, 2.75) is 44.6 Å². The molecule has 2 aliphatic heterocycles. The van der Waals surface area contributed by atoms with Crippen LogP contribution >= 0.6 is 11.3 Å². The third-order valence-electron chi connectivity index (χ3n) is 6.57. The van der Waals surface area contributed by atoms with Crippen LogP contribution in [-0.4, -0.2) is 45.6 Å². The summed E-state index contributed by atoms with van der Waals surface area (Å²) in [7, 11) is 0. The SMILES string of the molecule is O=C1[C@@H]2CC=CC[C@H]2C(=O)N1CCC(=O)N1CCCC[C@H]1c1nc2ccccc2s1. The monoisotopic (exact) mass is 423 g/mol. The molecule has 5 rings (SSSR count). The minimum absolute atomic E-state index is 0.00699. The van der Waals surface area contributed by atoms with Gasteiger partial charge in [-0.25, -0.2) is 4.98 Å². The van der Waals surface area contributed by atoms with E-state index in [1.807, 2.05) is 35.3 Å². The number of para-hydroxylation sites is 1. The zero-order valence-corrected chi connectivity index (χ0v) is 17.6. The fourth-order valence-electron chi connectivity index (χ4n) is 4.96.